The second-order valence-corrected chi connectivity index (χ2v) is 4.29. The molecule has 0 aromatic carbocycles. The van der Waals surface area contributed by atoms with E-state index in [0.29, 0.717) is 13.2 Å². The van der Waals surface area contributed by atoms with Gasteiger partial charge < -0.3 is 15.4 Å². The predicted molar refractivity (Wildman–Crippen MR) is 55.1 cm³/mol. The van der Waals surface area contributed by atoms with Crippen LogP contribution >= 0.6 is 0 Å². The minimum atomic E-state index is -0.324. The van der Waals surface area contributed by atoms with Crippen LogP contribution in [0.5, 0.6) is 0 Å². The Labute approximate surface area is 85.4 Å². The first-order chi connectivity index (χ1) is 6.55. The van der Waals surface area contributed by atoms with Gasteiger partial charge in [0.05, 0.1) is 6.61 Å². The highest BCUT2D eigenvalue weighted by Gasteiger charge is 2.26. The van der Waals surface area contributed by atoms with Gasteiger partial charge in [0.1, 0.15) is 6.10 Å². The summed E-state index contributed by atoms with van der Waals surface area (Å²) in [6.45, 7) is 8.15. The van der Waals surface area contributed by atoms with E-state index < -0.39 is 0 Å². The van der Waals surface area contributed by atoms with Crippen LogP contribution in [-0.4, -0.2) is 37.2 Å². The Bertz CT molecular complexity index is 198. The summed E-state index contributed by atoms with van der Waals surface area (Å²) in [6, 6.07) is 0. The van der Waals surface area contributed by atoms with Crippen LogP contribution in [0.15, 0.2) is 0 Å². The summed E-state index contributed by atoms with van der Waals surface area (Å²) in [5.74, 6) is -0.0101. The Balaban J connectivity index is 2.40. The Hall–Kier alpha value is -0.610. The van der Waals surface area contributed by atoms with Crippen molar-refractivity contribution in [3.05, 3.63) is 0 Å². The third-order valence-electron chi connectivity index (χ3n) is 2.57. The van der Waals surface area contributed by atoms with Crippen molar-refractivity contribution in [1.82, 2.24) is 10.6 Å². The normalized spacial score (nSPS) is 23.2. The molecule has 1 rings (SSSR count). The molecule has 0 aromatic rings. The Morgan fingerprint density at radius 1 is 1.64 bits per heavy atom. The summed E-state index contributed by atoms with van der Waals surface area (Å²) < 4.78 is 5.36. The lowest BCUT2D eigenvalue weighted by Crippen LogP contribution is -2.53. The molecular weight excluding hydrogens is 180 g/mol. The molecule has 0 aliphatic carbocycles. The highest BCUT2D eigenvalue weighted by atomic mass is 16.5. The van der Waals surface area contributed by atoms with E-state index in [4.69, 9.17) is 4.74 Å². The van der Waals surface area contributed by atoms with Crippen LogP contribution < -0.4 is 10.6 Å². The van der Waals surface area contributed by atoms with Crippen LogP contribution in [0.25, 0.3) is 0 Å². The quantitative estimate of drug-likeness (QED) is 0.688. The monoisotopic (exact) mass is 200 g/mol. The van der Waals surface area contributed by atoms with Gasteiger partial charge in [-0.1, -0.05) is 6.92 Å². The van der Waals surface area contributed by atoms with Gasteiger partial charge in [-0.3, -0.25) is 4.79 Å². The number of carbonyl (C=O) groups is 1. The minimum absolute atomic E-state index is 0.0101. The molecule has 0 spiro atoms. The summed E-state index contributed by atoms with van der Waals surface area (Å²) in [5.41, 5.74) is -0.141. The van der Waals surface area contributed by atoms with Gasteiger partial charge in [-0.25, -0.2) is 0 Å². The van der Waals surface area contributed by atoms with E-state index in [1.54, 1.807) is 0 Å². The number of amides is 1. The first-order valence-electron chi connectivity index (χ1n) is 5.19. The third-order valence-corrected chi connectivity index (χ3v) is 2.57. The van der Waals surface area contributed by atoms with Gasteiger partial charge in [-0.05, 0) is 20.3 Å². The Morgan fingerprint density at radius 2 is 2.36 bits per heavy atom. The number of carbonyl (C=O) groups excluding carboxylic acids is 1. The molecule has 2 N–H and O–H groups in total. The number of ether oxygens (including phenoxy) is 1. The van der Waals surface area contributed by atoms with Crippen LogP contribution in [0.3, 0.4) is 0 Å². The highest BCUT2D eigenvalue weighted by Crippen LogP contribution is 2.08. The number of morpholine rings is 1. The number of hydrogen-bond donors (Lipinski definition) is 2. The van der Waals surface area contributed by atoms with Gasteiger partial charge >= 0.3 is 0 Å². The summed E-state index contributed by atoms with van der Waals surface area (Å²) >= 11 is 0. The van der Waals surface area contributed by atoms with Gasteiger partial charge in [0.2, 0.25) is 0 Å². The zero-order valence-electron chi connectivity index (χ0n) is 9.22. The highest BCUT2D eigenvalue weighted by molar-refractivity contribution is 5.81. The van der Waals surface area contributed by atoms with Crippen LogP contribution in [0.4, 0.5) is 0 Å². The van der Waals surface area contributed by atoms with Crippen molar-refractivity contribution < 1.29 is 9.53 Å². The lowest BCUT2D eigenvalue weighted by Gasteiger charge is -2.29. The molecule has 0 aromatic heterocycles. The molecule has 0 radical (unpaired) electrons. The van der Waals surface area contributed by atoms with E-state index in [9.17, 15) is 4.79 Å². The van der Waals surface area contributed by atoms with Crippen LogP contribution in [0.1, 0.15) is 27.2 Å². The largest absolute Gasteiger partial charge is 0.366 e. The first-order valence-corrected chi connectivity index (χ1v) is 5.19. The maximum absolute atomic E-state index is 11.7. The molecular formula is C10H20N2O2. The van der Waals surface area contributed by atoms with E-state index in [1.165, 1.54) is 0 Å². The lowest BCUT2D eigenvalue weighted by atomic mass is 10.0. The SMILES string of the molecule is CCC(C)(C)NC(=O)[C@@H]1CNCCO1. The van der Waals surface area contributed by atoms with E-state index >= 15 is 0 Å². The topological polar surface area (TPSA) is 50.4 Å². The molecule has 82 valence electrons. The van der Waals surface area contributed by atoms with Gasteiger partial charge in [0.15, 0.2) is 0 Å². The third kappa shape index (κ3) is 3.27. The maximum Gasteiger partial charge on any atom is 0.250 e. The van der Waals surface area contributed by atoms with Crippen LogP contribution in [0, 0.1) is 0 Å². The molecule has 1 atom stereocenters. The molecule has 1 amide bonds. The smallest absolute Gasteiger partial charge is 0.250 e. The number of rotatable bonds is 3. The molecule has 1 aliphatic heterocycles. The minimum Gasteiger partial charge on any atom is -0.366 e. The van der Waals surface area contributed by atoms with Crippen molar-refractivity contribution in [2.75, 3.05) is 19.7 Å². The van der Waals surface area contributed by atoms with Crippen molar-refractivity contribution in [1.29, 1.82) is 0 Å². The van der Waals surface area contributed by atoms with Gasteiger partial charge in [0.25, 0.3) is 5.91 Å². The van der Waals surface area contributed by atoms with Crippen LogP contribution in [-0.2, 0) is 9.53 Å². The maximum atomic E-state index is 11.7. The standard InChI is InChI=1S/C10H20N2O2/c1-4-10(2,3)12-9(13)8-7-11-5-6-14-8/h8,11H,4-7H2,1-3H3,(H,12,13)/t8-/m0/s1. The lowest BCUT2D eigenvalue weighted by molar-refractivity contribution is -0.135. The zero-order valence-corrected chi connectivity index (χ0v) is 9.22. The van der Waals surface area contributed by atoms with Crippen molar-refractivity contribution in [2.24, 2.45) is 0 Å². The van der Waals surface area contributed by atoms with Gasteiger partial charge in [-0.15, -0.1) is 0 Å². The average Bonchev–Trinajstić information content (AvgIpc) is 2.19. The average molecular weight is 200 g/mol. The first kappa shape index (κ1) is 11.5. The second-order valence-electron chi connectivity index (χ2n) is 4.29. The number of hydrogen-bond acceptors (Lipinski definition) is 3. The molecule has 1 saturated heterocycles. The molecule has 0 bridgehead atoms. The van der Waals surface area contributed by atoms with Crippen molar-refractivity contribution >= 4 is 5.91 Å². The van der Waals surface area contributed by atoms with E-state index in [0.717, 1.165) is 13.0 Å². The van der Waals surface area contributed by atoms with Crippen molar-refractivity contribution in [3.8, 4) is 0 Å². The molecule has 1 aliphatic rings. The van der Waals surface area contributed by atoms with Crippen LogP contribution in [0.2, 0.25) is 0 Å². The zero-order chi connectivity index (χ0) is 10.6. The van der Waals surface area contributed by atoms with E-state index in [2.05, 4.69) is 17.6 Å². The molecule has 0 saturated carbocycles. The fourth-order valence-corrected chi connectivity index (χ4v) is 1.24. The summed E-state index contributed by atoms with van der Waals surface area (Å²) in [6.07, 6.45) is 0.591. The Morgan fingerprint density at radius 3 is 2.86 bits per heavy atom. The molecule has 1 heterocycles. The fraction of sp³-hybridized carbons (Fsp3) is 0.900. The Kier molecular flexibility index (Phi) is 3.89. The van der Waals surface area contributed by atoms with Crippen molar-refractivity contribution in [2.45, 2.75) is 38.8 Å². The molecule has 4 heteroatoms. The predicted octanol–water partition coefficient (Wildman–Crippen LogP) is 0.280. The summed E-state index contributed by atoms with van der Waals surface area (Å²) in [7, 11) is 0. The molecule has 1 fully saturated rings. The fourth-order valence-electron chi connectivity index (χ4n) is 1.24. The van der Waals surface area contributed by atoms with Crippen molar-refractivity contribution in [3.63, 3.8) is 0 Å². The van der Waals surface area contributed by atoms with Gasteiger partial charge in [-0.2, -0.15) is 0 Å². The molecule has 4 nitrogen and oxygen atoms in total. The van der Waals surface area contributed by atoms with E-state index in [1.807, 2.05) is 13.8 Å². The molecule has 0 unspecified atom stereocenters. The van der Waals surface area contributed by atoms with E-state index in [-0.39, 0.29) is 17.6 Å². The summed E-state index contributed by atoms with van der Waals surface area (Å²) in [4.78, 5) is 11.7. The number of nitrogens with one attached hydrogen (secondary N) is 2. The summed E-state index contributed by atoms with van der Waals surface area (Å²) in [5, 5.41) is 6.11. The van der Waals surface area contributed by atoms with Gasteiger partial charge in [0, 0.05) is 18.6 Å². The second kappa shape index (κ2) is 4.75. The molecule has 14 heavy (non-hydrogen) atoms.